The van der Waals surface area contributed by atoms with Crippen molar-refractivity contribution in [2.45, 2.75) is 39.5 Å². The van der Waals surface area contributed by atoms with Crippen LogP contribution in [0, 0.1) is 9.54 Å². The standard InChI is InChI=1S/C11H20N4S2.2Na.2H/c1-3-5-7-15(8-6-4-2)9-12-10(16)14-11(17)13-9;;;;/h3-8H2,1-2H3,(H2,12,13,14,16,17);;;;/q;2*+1;2*-1. The molecule has 0 amide bonds. The van der Waals surface area contributed by atoms with E-state index in [0.29, 0.717) is 9.54 Å². The number of H-pyrrole nitrogens is 2. The summed E-state index contributed by atoms with van der Waals surface area (Å²) in [5.41, 5.74) is 0. The van der Waals surface area contributed by atoms with Gasteiger partial charge in [0.1, 0.15) is 0 Å². The molecule has 1 rings (SSSR count). The zero-order valence-corrected chi connectivity index (χ0v) is 18.1. The SMILES string of the molecule is CCCCN(CCCC)c1nc(=S)[nH]c(=S)[nH]1.[H-].[H-].[Na+].[Na+]. The summed E-state index contributed by atoms with van der Waals surface area (Å²) < 4.78 is 0.986. The Morgan fingerprint density at radius 3 is 2.00 bits per heavy atom. The zero-order chi connectivity index (χ0) is 12.7. The fourth-order valence-corrected chi connectivity index (χ4v) is 1.99. The van der Waals surface area contributed by atoms with Crippen molar-refractivity contribution in [2.24, 2.45) is 0 Å². The maximum atomic E-state index is 5.09. The Morgan fingerprint density at radius 1 is 1.05 bits per heavy atom. The molecule has 1 heterocycles. The van der Waals surface area contributed by atoms with Crippen LogP contribution in [0.1, 0.15) is 42.4 Å². The largest absolute Gasteiger partial charge is 1.00 e. The third kappa shape index (κ3) is 8.98. The quantitative estimate of drug-likeness (QED) is 0.444. The minimum absolute atomic E-state index is 0. The number of aromatic amines is 2. The van der Waals surface area contributed by atoms with Gasteiger partial charge in [0.25, 0.3) is 0 Å². The Bertz CT molecular complexity index is 420. The van der Waals surface area contributed by atoms with Crippen molar-refractivity contribution in [1.29, 1.82) is 0 Å². The molecule has 0 bridgehead atoms. The first-order valence-electron chi connectivity index (χ1n) is 6.13. The van der Waals surface area contributed by atoms with Crippen LogP contribution in [0.15, 0.2) is 0 Å². The van der Waals surface area contributed by atoms with Crippen molar-refractivity contribution in [3.63, 3.8) is 0 Å². The molecular weight excluding hydrogens is 298 g/mol. The molecule has 0 aromatic carbocycles. The summed E-state index contributed by atoms with van der Waals surface area (Å²) in [7, 11) is 0. The molecule has 1 aromatic heterocycles. The van der Waals surface area contributed by atoms with Gasteiger partial charge in [-0.05, 0) is 37.3 Å². The smallest absolute Gasteiger partial charge is 1.00 e. The predicted octanol–water partition coefficient (Wildman–Crippen LogP) is -2.16. The van der Waals surface area contributed by atoms with E-state index in [4.69, 9.17) is 24.4 Å². The molecule has 0 radical (unpaired) electrons. The Hall–Kier alpha value is 1.25. The molecule has 100 valence electrons. The zero-order valence-electron chi connectivity index (χ0n) is 14.5. The summed E-state index contributed by atoms with van der Waals surface area (Å²) in [6.45, 7) is 6.36. The molecule has 0 saturated carbocycles. The number of nitrogens with one attached hydrogen (secondary N) is 2. The number of rotatable bonds is 7. The molecule has 19 heavy (non-hydrogen) atoms. The monoisotopic (exact) mass is 320 g/mol. The van der Waals surface area contributed by atoms with Gasteiger partial charge in [-0.25, -0.2) is 0 Å². The van der Waals surface area contributed by atoms with E-state index in [2.05, 4.69) is 33.7 Å². The number of anilines is 1. The third-order valence-corrected chi connectivity index (χ3v) is 2.91. The molecule has 0 atom stereocenters. The first-order valence-corrected chi connectivity index (χ1v) is 6.94. The molecule has 0 aliphatic heterocycles. The maximum absolute atomic E-state index is 5.09. The van der Waals surface area contributed by atoms with E-state index < -0.39 is 0 Å². The second kappa shape index (κ2) is 13.0. The summed E-state index contributed by atoms with van der Waals surface area (Å²) in [5.74, 6) is 0.792. The molecule has 0 fully saturated rings. The Morgan fingerprint density at radius 2 is 1.58 bits per heavy atom. The van der Waals surface area contributed by atoms with E-state index in [1.807, 2.05) is 0 Å². The third-order valence-electron chi connectivity index (χ3n) is 2.52. The van der Waals surface area contributed by atoms with Gasteiger partial charge in [-0.2, -0.15) is 4.98 Å². The Labute approximate surface area is 172 Å². The van der Waals surface area contributed by atoms with Gasteiger partial charge in [-0.15, -0.1) is 0 Å². The number of aromatic nitrogens is 3. The van der Waals surface area contributed by atoms with E-state index in [9.17, 15) is 0 Å². The van der Waals surface area contributed by atoms with E-state index in [1.54, 1.807) is 0 Å². The predicted molar refractivity (Wildman–Crippen MR) is 78.9 cm³/mol. The molecule has 0 aliphatic rings. The molecule has 0 unspecified atom stereocenters. The maximum Gasteiger partial charge on any atom is 1.00 e. The van der Waals surface area contributed by atoms with Crippen LogP contribution >= 0.6 is 24.4 Å². The van der Waals surface area contributed by atoms with Crippen molar-refractivity contribution < 1.29 is 62.0 Å². The van der Waals surface area contributed by atoms with Crippen LogP contribution in [0.5, 0.6) is 0 Å². The second-order valence-corrected chi connectivity index (χ2v) is 4.81. The topological polar surface area (TPSA) is 47.7 Å². The van der Waals surface area contributed by atoms with E-state index in [-0.39, 0.29) is 62.0 Å². The van der Waals surface area contributed by atoms with Gasteiger partial charge in [0.05, 0.1) is 0 Å². The summed E-state index contributed by atoms with van der Waals surface area (Å²) in [5, 5.41) is 0. The fourth-order valence-electron chi connectivity index (χ4n) is 1.55. The number of nitrogens with zero attached hydrogens (tertiary/aromatic N) is 2. The molecule has 8 heteroatoms. The van der Waals surface area contributed by atoms with Gasteiger partial charge in [-0.3, -0.25) is 0 Å². The van der Waals surface area contributed by atoms with Crippen LogP contribution in [0.4, 0.5) is 5.95 Å². The summed E-state index contributed by atoms with van der Waals surface area (Å²) in [6.07, 6.45) is 4.64. The second-order valence-electron chi connectivity index (χ2n) is 4.01. The van der Waals surface area contributed by atoms with Crippen LogP contribution in [0.3, 0.4) is 0 Å². The Balaban J connectivity index is -0.000000361. The van der Waals surface area contributed by atoms with Crippen LogP contribution < -0.4 is 64.0 Å². The van der Waals surface area contributed by atoms with Crippen molar-refractivity contribution in [3.8, 4) is 0 Å². The number of unbranched alkanes of at least 4 members (excludes halogenated alkanes) is 2. The first kappa shape index (κ1) is 22.5. The van der Waals surface area contributed by atoms with E-state index in [1.165, 1.54) is 12.8 Å². The minimum Gasteiger partial charge on any atom is -1.00 e. The van der Waals surface area contributed by atoms with Crippen molar-refractivity contribution in [3.05, 3.63) is 9.54 Å². The summed E-state index contributed by atoms with van der Waals surface area (Å²) in [6, 6.07) is 0. The normalized spacial score (nSPS) is 9.37. The molecule has 1 aromatic rings. The van der Waals surface area contributed by atoms with E-state index >= 15 is 0 Å². The van der Waals surface area contributed by atoms with Crippen molar-refractivity contribution in [2.75, 3.05) is 18.0 Å². The van der Waals surface area contributed by atoms with E-state index in [0.717, 1.165) is 31.9 Å². The van der Waals surface area contributed by atoms with Gasteiger partial charge in [-0.1, -0.05) is 26.7 Å². The number of hydrogen-bond donors (Lipinski definition) is 2. The molecule has 0 spiro atoms. The fraction of sp³-hybridized carbons (Fsp3) is 0.727. The molecule has 2 N–H and O–H groups in total. The van der Waals surface area contributed by atoms with Crippen LogP contribution in [0.2, 0.25) is 0 Å². The molecule has 0 saturated heterocycles. The molecule has 4 nitrogen and oxygen atoms in total. The first-order chi connectivity index (χ1) is 8.17. The van der Waals surface area contributed by atoms with Gasteiger partial charge in [0, 0.05) is 13.1 Å². The molecular formula is C11H22N4Na2S2. The van der Waals surface area contributed by atoms with Gasteiger partial charge < -0.3 is 17.7 Å². The van der Waals surface area contributed by atoms with Gasteiger partial charge >= 0.3 is 59.1 Å². The summed E-state index contributed by atoms with van der Waals surface area (Å²) in [4.78, 5) is 12.4. The van der Waals surface area contributed by atoms with Crippen molar-refractivity contribution >= 4 is 30.4 Å². The van der Waals surface area contributed by atoms with Crippen molar-refractivity contribution in [1.82, 2.24) is 15.0 Å². The minimum atomic E-state index is 0. The van der Waals surface area contributed by atoms with Crippen LogP contribution in [-0.2, 0) is 0 Å². The average Bonchev–Trinajstić information content (AvgIpc) is 2.28. The number of hydrogen-bond acceptors (Lipinski definition) is 4. The molecule has 0 aliphatic carbocycles. The van der Waals surface area contributed by atoms with Gasteiger partial charge in [0.15, 0.2) is 4.77 Å². The van der Waals surface area contributed by atoms with Crippen LogP contribution in [0.25, 0.3) is 0 Å². The van der Waals surface area contributed by atoms with Crippen LogP contribution in [-0.4, -0.2) is 28.0 Å². The average molecular weight is 320 g/mol. The summed E-state index contributed by atoms with van der Waals surface area (Å²) >= 11 is 10.1. The van der Waals surface area contributed by atoms with Gasteiger partial charge in [0.2, 0.25) is 10.7 Å². The Kier molecular flexibility index (Phi) is 15.4.